The van der Waals surface area contributed by atoms with Crippen molar-refractivity contribution in [2.45, 2.75) is 20.0 Å². The third-order valence-corrected chi connectivity index (χ3v) is 2.03. The summed E-state index contributed by atoms with van der Waals surface area (Å²) in [4.78, 5) is 10.3. The summed E-state index contributed by atoms with van der Waals surface area (Å²) in [5.74, 6) is -1.02. The zero-order chi connectivity index (χ0) is 11.1. The highest BCUT2D eigenvalue weighted by molar-refractivity contribution is 5.64. The van der Waals surface area contributed by atoms with Crippen LogP contribution in [-0.2, 0) is 16.1 Å². The van der Waals surface area contributed by atoms with Crippen molar-refractivity contribution in [1.82, 2.24) is 0 Å². The van der Waals surface area contributed by atoms with E-state index in [1.807, 2.05) is 37.3 Å². The molecule has 0 radical (unpaired) electrons. The Morgan fingerprint density at radius 2 is 2.07 bits per heavy atom. The predicted molar refractivity (Wildman–Crippen MR) is 54.9 cm³/mol. The number of aliphatic carboxylic acids is 1. The van der Waals surface area contributed by atoms with E-state index in [0.717, 1.165) is 5.56 Å². The maximum absolute atomic E-state index is 10.3. The molecule has 0 amide bonds. The Bertz CT molecular complexity index is 295. The van der Waals surface area contributed by atoms with Crippen LogP contribution in [0.3, 0.4) is 0 Å². The second-order valence-corrected chi connectivity index (χ2v) is 3.68. The highest BCUT2D eigenvalue weighted by Gasteiger charge is 2.02. The highest BCUT2D eigenvalue weighted by atomic mass is 16.5. The van der Waals surface area contributed by atoms with Gasteiger partial charge < -0.3 is 14.6 Å². The molecule has 0 bridgehead atoms. The molecule has 0 saturated heterocycles. The summed E-state index contributed by atoms with van der Waals surface area (Å²) in [5, 5.41) is 10.3. The number of carbonyl (C=O) groups excluding carboxylic acids is 1. The highest BCUT2D eigenvalue weighted by Crippen LogP contribution is 2.05. The molecule has 1 aromatic rings. The Morgan fingerprint density at radius 1 is 1.40 bits per heavy atom. The average molecular weight is 207 g/mol. The van der Waals surface area contributed by atoms with Crippen LogP contribution in [0, 0.1) is 5.92 Å². The zero-order valence-corrected chi connectivity index (χ0v) is 8.81. The molecule has 0 aliphatic heterocycles. The largest absolute Gasteiger partial charge is 0.550 e. The molecule has 0 heterocycles. The molecule has 0 N–H and O–H groups in total. The molecule has 1 aromatic carbocycles. The van der Waals surface area contributed by atoms with Crippen molar-refractivity contribution < 1.29 is 14.6 Å². The van der Waals surface area contributed by atoms with Crippen LogP contribution in [0.5, 0.6) is 0 Å². The summed E-state index contributed by atoms with van der Waals surface area (Å²) >= 11 is 0. The fourth-order valence-electron chi connectivity index (χ4n) is 1.30. The van der Waals surface area contributed by atoms with Gasteiger partial charge in [-0.15, -0.1) is 0 Å². The molecule has 0 unspecified atom stereocenters. The quantitative estimate of drug-likeness (QED) is 0.698. The molecule has 0 aliphatic rings. The van der Waals surface area contributed by atoms with E-state index < -0.39 is 5.97 Å². The number of carbonyl (C=O) groups is 1. The summed E-state index contributed by atoms with van der Waals surface area (Å²) in [6, 6.07) is 9.79. The molecule has 0 spiro atoms. The summed E-state index contributed by atoms with van der Waals surface area (Å²) in [7, 11) is 0. The molecule has 0 saturated carbocycles. The van der Waals surface area contributed by atoms with Gasteiger partial charge in [-0.25, -0.2) is 0 Å². The number of hydrogen-bond acceptors (Lipinski definition) is 3. The van der Waals surface area contributed by atoms with Crippen LogP contribution in [-0.4, -0.2) is 12.6 Å². The predicted octanol–water partition coefficient (Wildman–Crippen LogP) is 0.979. The second-order valence-electron chi connectivity index (χ2n) is 3.68. The van der Waals surface area contributed by atoms with Crippen LogP contribution >= 0.6 is 0 Å². The van der Waals surface area contributed by atoms with Crippen LogP contribution < -0.4 is 5.11 Å². The summed E-state index contributed by atoms with van der Waals surface area (Å²) < 4.78 is 5.39. The fraction of sp³-hybridized carbons (Fsp3) is 0.417. The molecule has 0 aromatic heterocycles. The third kappa shape index (κ3) is 5.18. The third-order valence-electron chi connectivity index (χ3n) is 2.03. The van der Waals surface area contributed by atoms with Gasteiger partial charge in [-0.05, 0) is 17.9 Å². The van der Waals surface area contributed by atoms with Crippen molar-refractivity contribution >= 4 is 5.97 Å². The van der Waals surface area contributed by atoms with E-state index in [0.29, 0.717) is 13.2 Å². The van der Waals surface area contributed by atoms with Crippen LogP contribution in [0.25, 0.3) is 0 Å². The van der Waals surface area contributed by atoms with Gasteiger partial charge in [0.05, 0.1) is 6.61 Å². The molecule has 15 heavy (non-hydrogen) atoms. The summed E-state index contributed by atoms with van der Waals surface area (Å²) in [6.45, 7) is 2.81. The molecule has 3 heteroatoms. The Labute approximate surface area is 89.7 Å². The lowest BCUT2D eigenvalue weighted by Gasteiger charge is -2.12. The first-order valence-corrected chi connectivity index (χ1v) is 5.00. The van der Waals surface area contributed by atoms with Gasteiger partial charge in [0.25, 0.3) is 0 Å². The minimum Gasteiger partial charge on any atom is -0.550 e. The van der Waals surface area contributed by atoms with E-state index in [1.165, 1.54) is 0 Å². The first kappa shape index (κ1) is 11.7. The van der Waals surface area contributed by atoms with Crippen LogP contribution in [0.2, 0.25) is 0 Å². The Kier molecular flexibility index (Phi) is 4.84. The van der Waals surface area contributed by atoms with Crippen molar-refractivity contribution in [3.8, 4) is 0 Å². The standard InChI is InChI=1S/C12H16O3/c1-10(7-12(13)14)8-15-9-11-5-3-2-4-6-11/h2-6,10H,7-9H2,1H3,(H,13,14)/p-1/t10-/m0/s1. The Hall–Kier alpha value is -1.35. The lowest BCUT2D eigenvalue weighted by atomic mass is 10.1. The van der Waals surface area contributed by atoms with E-state index in [2.05, 4.69) is 0 Å². The summed E-state index contributed by atoms with van der Waals surface area (Å²) in [5.41, 5.74) is 1.10. The van der Waals surface area contributed by atoms with Gasteiger partial charge in [0, 0.05) is 12.6 Å². The molecule has 1 atom stereocenters. The molecule has 3 nitrogen and oxygen atoms in total. The van der Waals surface area contributed by atoms with Gasteiger partial charge in [0.15, 0.2) is 0 Å². The first-order valence-electron chi connectivity index (χ1n) is 5.00. The minimum absolute atomic E-state index is 0.00119. The molecular formula is C12H15O3-. The Morgan fingerprint density at radius 3 is 2.67 bits per heavy atom. The monoisotopic (exact) mass is 207 g/mol. The number of hydrogen-bond donors (Lipinski definition) is 0. The van der Waals surface area contributed by atoms with Gasteiger partial charge in [0.2, 0.25) is 0 Å². The minimum atomic E-state index is -1.02. The van der Waals surface area contributed by atoms with Gasteiger partial charge in [0.1, 0.15) is 0 Å². The van der Waals surface area contributed by atoms with Gasteiger partial charge in [-0.3, -0.25) is 0 Å². The number of rotatable bonds is 6. The van der Waals surface area contributed by atoms with Crippen LogP contribution in [0.4, 0.5) is 0 Å². The normalized spacial score (nSPS) is 12.3. The van der Waals surface area contributed by atoms with E-state index in [4.69, 9.17) is 4.74 Å². The first-order chi connectivity index (χ1) is 7.18. The van der Waals surface area contributed by atoms with E-state index in [1.54, 1.807) is 0 Å². The second kappa shape index (κ2) is 6.19. The van der Waals surface area contributed by atoms with Gasteiger partial charge in [-0.2, -0.15) is 0 Å². The van der Waals surface area contributed by atoms with Crippen molar-refractivity contribution in [1.29, 1.82) is 0 Å². The maximum Gasteiger partial charge on any atom is 0.0717 e. The molecule has 0 aliphatic carbocycles. The lowest BCUT2D eigenvalue weighted by Crippen LogP contribution is -2.25. The molecular weight excluding hydrogens is 192 g/mol. The summed E-state index contributed by atoms with van der Waals surface area (Å²) in [6.07, 6.45) is 0.0504. The van der Waals surface area contributed by atoms with E-state index >= 15 is 0 Å². The number of carboxylic acid groups (broad SMARTS) is 1. The SMILES string of the molecule is C[C@H](COCc1ccccc1)CC(=O)[O-]. The smallest absolute Gasteiger partial charge is 0.0717 e. The van der Waals surface area contributed by atoms with Gasteiger partial charge in [-0.1, -0.05) is 37.3 Å². The number of carboxylic acids is 1. The maximum atomic E-state index is 10.3. The average Bonchev–Trinajstić information content (AvgIpc) is 2.18. The molecule has 1 rings (SSSR count). The number of benzene rings is 1. The van der Waals surface area contributed by atoms with Gasteiger partial charge >= 0.3 is 0 Å². The lowest BCUT2D eigenvalue weighted by molar-refractivity contribution is -0.306. The van der Waals surface area contributed by atoms with Crippen molar-refractivity contribution in [2.24, 2.45) is 5.92 Å². The topological polar surface area (TPSA) is 49.4 Å². The molecule has 82 valence electrons. The Balaban J connectivity index is 2.19. The zero-order valence-electron chi connectivity index (χ0n) is 8.81. The fourth-order valence-corrected chi connectivity index (χ4v) is 1.30. The van der Waals surface area contributed by atoms with E-state index in [-0.39, 0.29) is 12.3 Å². The number of ether oxygens (including phenoxy) is 1. The van der Waals surface area contributed by atoms with Crippen molar-refractivity contribution in [3.05, 3.63) is 35.9 Å². The van der Waals surface area contributed by atoms with E-state index in [9.17, 15) is 9.90 Å². The van der Waals surface area contributed by atoms with Crippen molar-refractivity contribution in [2.75, 3.05) is 6.61 Å². The van der Waals surface area contributed by atoms with Crippen molar-refractivity contribution in [3.63, 3.8) is 0 Å². The van der Waals surface area contributed by atoms with Crippen LogP contribution in [0.1, 0.15) is 18.9 Å². The van der Waals surface area contributed by atoms with Crippen LogP contribution in [0.15, 0.2) is 30.3 Å². The molecule has 0 fully saturated rings.